The molecule has 0 aliphatic heterocycles. The Labute approximate surface area is 131 Å². The number of hydrogen-bond donors (Lipinski definition) is 0. The Balaban J connectivity index is 2.11. The summed E-state index contributed by atoms with van der Waals surface area (Å²) in [5, 5.41) is 4.63. The summed E-state index contributed by atoms with van der Waals surface area (Å²) in [6.45, 7) is 7.36. The van der Waals surface area contributed by atoms with Crippen LogP contribution in [0.25, 0.3) is 11.2 Å². The fourth-order valence-corrected chi connectivity index (χ4v) is 3.99. The minimum atomic E-state index is 0.477. The van der Waals surface area contributed by atoms with Gasteiger partial charge < -0.3 is 4.57 Å². The van der Waals surface area contributed by atoms with Crippen LogP contribution in [0, 0.1) is 12.8 Å². The van der Waals surface area contributed by atoms with Crippen molar-refractivity contribution in [3.8, 4) is 0 Å². The molecule has 3 rings (SSSR count). The second-order valence-electron chi connectivity index (χ2n) is 6.20. The number of hydrogen-bond acceptors (Lipinski definition) is 2. The number of aromatic nitrogens is 4. The van der Waals surface area contributed by atoms with Crippen molar-refractivity contribution in [2.45, 2.75) is 71.3 Å². The summed E-state index contributed by atoms with van der Waals surface area (Å²) in [7, 11) is 0. The van der Waals surface area contributed by atoms with E-state index in [9.17, 15) is 0 Å². The summed E-state index contributed by atoms with van der Waals surface area (Å²) in [6.07, 6.45) is 6.44. The van der Waals surface area contributed by atoms with Crippen molar-refractivity contribution in [1.29, 1.82) is 0 Å². The lowest BCUT2D eigenvalue weighted by atomic mass is 9.84. The fourth-order valence-electron chi connectivity index (χ4n) is 3.80. The van der Waals surface area contributed by atoms with Crippen molar-refractivity contribution >= 4 is 22.8 Å². The zero-order valence-corrected chi connectivity index (χ0v) is 14.0. The number of nitrogens with zero attached hydrogens (tertiary/aromatic N) is 4. The largest absolute Gasteiger partial charge is 0.309 e. The van der Waals surface area contributed by atoms with Gasteiger partial charge in [0.05, 0.1) is 11.6 Å². The Kier molecular flexibility index (Phi) is 4.25. The minimum Gasteiger partial charge on any atom is -0.309 e. The van der Waals surface area contributed by atoms with Gasteiger partial charge >= 0.3 is 0 Å². The molecule has 4 nitrogen and oxygen atoms in total. The molecule has 1 saturated carbocycles. The van der Waals surface area contributed by atoms with Gasteiger partial charge in [-0.05, 0) is 32.6 Å². The first-order valence-electron chi connectivity index (χ1n) is 8.19. The molecule has 2 aromatic heterocycles. The van der Waals surface area contributed by atoms with E-state index in [-0.39, 0.29) is 0 Å². The lowest BCUT2D eigenvalue weighted by Gasteiger charge is -2.30. The van der Waals surface area contributed by atoms with E-state index in [1.54, 1.807) is 0 Å². The van der Waals surface area contributed by atoms with Gasteiger partial charge in [0.25, 0.3) is 0 Å². The third-order valence-electron chi connectivity index (χ3n) is 4.93. The summed E-state index contributed by atoms with van der Waals surface area (Å²) >= 11 is 6.18. The Morgan fingerprint density at radius 2 is 2.10 bits per heavy atom. The Hall–Kier alpha value is -1.03. The van der Waals surface area contributed by atoms with Gasteiger partial charge in [-0.2, -0.15) is 5.10 Å². The molecule has 2 aromatic rings. The summed E-state index contributed by atoms with van der Waals surface area (Å²) in [6, 6.07) is 0.531. The molecule has 2 heterocycles. The van der Waals surface area contributed by atoms with Gasteiger partial charge in [-0.15, -0.1) is 11.6 Å². The molecule has 1 fully saturated rings. The maximum atomic E-state index is 6.18. The predicted molar refractivity (Wildman–Crippen MR) is 86.8 cm³/mol. The van der Waals surface area contributed by atoms with Crippen molar-refractivity contribution in [3.05, 3.63) is 11.5 Å². The van der Waals surface area contributed by atoms with Crippen LogP contribution in [0.5, 0.6) is 0 Å². The van der Waals surface area contributed by atoms with Gasteiger partial charge in [0.1, 0.15) is 11.3 Å². The number of alkyl halides is 1. The van der Waals surface area contributed by atoms with Crippen molar-refractivity contribution in [2.75, 3.05) is 0 Å². The van der Waals surface area contributed by atoms with Gasteiger partial charge in [-0.3, -0.25) is 0 Å². The summed E-state index contributed by atoms with van der Waals surface area (Å²) in [4.78, 5) is 4.77. The molecule has 1 aliphatic rings. The Morgan fingerprint density at radius 3 is 2.76 bits per heavy atom. The molecular weight excluding hydrogens is 284 g/mol. The molecule has 5 heteroatoms. The van der Waals surface area contributed by atoms with Gasteiger partial charge in [-0.25, -0.2) is 9.67 Å². The highest BCUT2D eigenvalue weighted by Gasteiger charge is 2.27. The van der Waals surface area contributed by atoms with Crippen molar-refractivity contribution < 1.29 is 0 Å². The highest BCUT2D eigenvalue weighted by molar-refractivity contribution is 6.16. The van der Waals surface area contributed by atoms with E-state index in [0.29, 0.717) is 11.9 Å². The third kappa shape index (κ3) is 2.48. The Bertz CT molecular complexity index is 628. The minimum absolute atomic E-state index is 0.477. The molecule has 0 amide bonds. The highest BCUT2D eigenvalue weighted by Crippen LogP contribution is 2.37. The molecule has 2 unspecified atom stereocenters. The summed E-state index contributed by atoms with van der Waals surface area (Å²) < 4.78 is 4.48. The van der Waals surface area contributed by atoms with Crippen LogP contribution in [0.1, 0.15) is 63.5 Å². The third-order valence-corrected chi connectivity index (χ3v) is 5.17. The Morgan fingerprint density at radius 1 is 1.29 bits per heavy atom. The number of halogens is 1. The van der Waals surface area contributed by atoms with Crippen molar-refractivity contribution in [2.24, 2.45) is 5.92 Å². The van der Waals surface area contributed by atoms with Crippen LogP contribution < -0.4 is 0 Å². The standard InChI is InChI=1S/C16H25ClN4/c1-4-12-7-6-8-13(9-12)21-14(10-17)18-15-11(3)19-20(5-2)16(15)21/h12-13H,4-10H2,1-3H3. The van der Waals surface area contributed by atoms with E-state index in [0.717, 1.165) is 29.5 Å². The van der Waals surface area contributed by atoms with Crippen LogP contribution in [-0.2, 0) is 12.4 Å². The smallest absolute Gasteiger partial charge is 0.159 e. The highest BCUT2D eigenvalue weighted by atomic mass is 35.5. The van der Waals surface area contributed by atoms with Crippen LogP contribution in [-0.4, -0.2) is 19.3 Å². The molecule has 116 valence electrons. The van der Waals surface area contributed by atoms with E-state index in [1.807, 2.05) is 6.92 Å². The van der Waals surface area contributed by atoms with Crippen LogP contribution in [0.3, 0.4) is 0 Å². The molecule has 21 heavy (non-hydrogen) atoms. The SMILES string of the molecule is CCC1CCCC(n2c(CCl)nc3c(C)nn(CC)c32)C1. The molecule has 0 radical (unpaired) electrons. The topological polar surface area (TPSA) is 35.6 Å². The van der Waals surface area contributed by atoms with E-state index < -0.39 is 0 Å². The van der Waals surface area contributed by atoms with E-state index in [4.69, 9.17) is 16.6 Å². The van der Waals surface area contributed by atoms with Gasteiger partial charge in [-0.1, -0.05) is 26.2 Å². The first-order chi connectivity index (χ1) is 10.2. The van der Waals surface area contributed by atoms with E-state index >= 15 is 0 Å². The van der Waals surface area contributed by atoms with Crippen LogP contribution in [0.4, 0.5) is 0 Å². The van der Waals surface area contributed by atoms with E-state index in [2.05, 4.69) is 28.2 Å². The maximum Gasteiger partial charge on any atom is 0.159 e. The van der Waals surface area contributed by atoms with Gasteiger partial charge in [0.15, 0.2) is 5.65 Å². The second kappa shape index (κ2) is 5.99. The van der Waals surface area contributed by atoms with E-state index in [1.165, 1.54) is 37.8 Å². The summed E-state index contributed by atoms with van der Waals surface area (Å²) in [5.74, 6) is 2.32. The second-order valence-corrected chi connectivity index (χ2v) is 6.47. The molecule has 0 N–H and O–H groups in total. The monoisotopic (exact) mass is 308 g/mol. The number of rotatable bonds is 4. The maximum absolute atomic E-state index is 6.18. The van der Waals surface area contributed by atoms with Gasteiger partial charge in [0.2, 0.25) is 0 Å². The lowest BCUT2D eigenvalue weighted by Crippen LogP contribution is -2.21. The van der Waals surface area contributed by atoms with Crippen molar-refractivity contribution in [3.63, 3.8) is 0 Å². The average Bonchev–Trinajstić information content (AvgIpc) is 3.04. The lowest BCUT2D eigenvalue weighted by molar-refractivity contribution is 0.260. The molecule has 0 spiro atoms. The van der Waals surface area contributed by atoms with Crippen molar-refractivity contribution in [1.82, 2.24) is 19.3 Å². The fraction of sp³-hybridized carbons (Fsp3) is 0.750. The number of aryl methyl sites for hydroxylation is 2. The van der Waals surface area contributed by atoms with Gasteiger partial charge in [0, 0.05) is 12.6 Å². The van der Waals surface area contributed by atoms with Crippen LogP contribution >= 0.6 is 11.6 Å². The molecule has 0 bridgehead atoms. The van der Waals surface area contributed by atoms with Crippen LogP contribution in [0.2, 0.25) is 0 Å². The number of imidazole rings is 1. The normalized spacial score (nSPS) is 23.0. The molecule has 2 atom stereocenters. The quantitative estimate of drug-likeness (QED) is 0.783. The summed E-state index contributed by atoms with van der Waals surface area (Å²) in [5.41, 5.74) is 3.22. The molecular formula is C16H25ClN4. The molecule has 1 aliphatic carbocycles. The zero-order chi connectivity index (χ0) is 15.0. The molecule has 0 aromatic carbocycles. The predicted octanol–water partition coefficient (Wildman–Crippen LogP) is 4.44. The first kappa shape index (κ1) is 14.9. The van der Waals surface area contributed by atoms with Crippen LogP contribution in [0.15, 0.2) is 0 Å². The first-order valence-corrected chi connectivity index (χ1v) is 8.73. The molecule has 0 saturated heterocycles. The number of fused-ring (bicyclic) bond motifs is 1. The zero-order valence-electron chi connectivity index (χ0n) is 13.3. The average molecular weight is 309 g/mol.